The van der Waals surface area contributed by atoms with Gasteiger partial charge in [-0.25, -0.2) is 14.2 Å². The highest BCUT2D eigenvalue weighted by Gasteiger charge is 2.15. The summed E-state index contributed by atoms with van der Waals surface area (Å²) in [6.07, 6.45) is 0.804. The van der Waals surface area contributed by atoms with Crippen molar-refractivity contribution < 1.29 is 14.3 Å². The second kappa shape index (κ2) is 9.78. The van der Waals surface area contributed by atoms with Crippen molar-refractivity contribution in [3.8, 4) is 0 Å². The fourth-order valence-corrected chi connectivity index (χ4v) is 4.51. The highest BCUT2D eigenvalue weighted by molar-refractivity contribution is 7.22. The Bertz CT molecular complexity index is 1210. The summed E-state index contributed by atoms with van der Waals surface area (Å²) < 4.78 is 14.8. The van der Waals surface area contributed by atoms with E-state index in [2.05, 4.69) is 46.4 Å². The molecule has 7 heteroatoms. The Morgan fingerprint density at radius 3 is 2.44 bits per heavy atom. The first-order valence-electron chi connectivity index (χ1n) is 10.5. The van der Waals surface area contributed by atoms with Crippen LogP contribution in [0.4, 0.5) is 15.2 Å². The number of benzene rings is 3. The van der Waals surface area contributed by atoms with E-state index in [1.165, 1.54) is 23.0 Å². The van der Waals surface area contributed by atoms with Crippen LogP contribution >= 0.6 is 11.3 Å². The van der Waals surface area contributed by atoms with Crippen LogP contribution in [0, 0.1) is 5.82 Å². The van der Waals surface area contributed by atoms with Crippen molar-refractivity contribution in [3.05, 3.63) is 89.2 Å². The van der Waals surface area contributed by atoms with E-state index in [-0.39, 0.29) is 11.4 Å². The van der Waals surface area contributed by atoms with Gasteiger partial charge in [0.05, 0.1) is 15.8 Å². The van der Waals surface area contributed by atoms with Gasteiger partial charge in [-0.2, -0.15) is 0 Å². The van der Waals surface area contributed by atoms with Crippen LogP contribution in [0.25, 0.3) is 10.2 Å². The zero-order valence-electron chi connectivity index (χ0n) is 17.7. The monoisotopic (exact) mass is 449 g/mol. The minimum atomic E-state index is -0.948. The normalized spacial score (nSPS) is 10.9. The molecule has 4 aromatic rings. The van der Waals surface area contributed by atoms with Gasteiger partial charge in [-0.3, -0.25) is 0 Å². The molecule has 32 heavy (non-hydrogen) atoms. The number of anilines is 2. The van der Waals surface area contributed by atoms with Gasteiger partial charge in [-0.05, 0) is 60.9 Å². The first kappa shape index (κ1) is 21.8. The predicted octanol–water partition coefficient (Wildman–Crippen LogP) is 5.81. The number of rotatable bonds is 9. The number of carboxylic acids is 1. The highest BCUT2D eigenvalue weighted by atomic mass is 32.1. The molecule has 0 saturated carbocycles. The standard InChI is InChI=1S/C25H24FN3O2S/c1-2-27-20-12-8-17(9-13-20)14-15-29(16-18-6-10-19(11-7-18)24(30)31)25-28-22-5-3-4-21(26)23(22)32-25/h3-13,27H,2,14-16H2,1H3,(H,30,31). The number of nitrogens with one attached hydrogen (secondary N) is 1. The van der Waals surface area contributed by atoms with Crippen molar-refractivity contribution in [1.29, 1.82) is 0 Å². The molecule has 0 unspecified atom stereocenters. The van der Waals surface area contributed by atoms with E-state index in [0.717, 1.165) is 29.3 Å². The lowest BCUT2D eigenvalue weighted by atomic mass is 10.1. The van der Waals surface area contributed by atoms with Gasteiger partial charge >= 0.3 is 5.97 Å². The smallest absolute Gasteiger partial charge is 0.335 e. The molecule has 3 aromatic carbocycles. The fraction of sp³-hybridized carbons (Fsp3) is 0.200. The molecular formula is C25H24FN3O2S. The number of fused-ring (bicyclic) bond motifs is 1. The number of carbonyl (C=O) groups is 1. The minimum absolute atomic E-state index is 0.253. The third-order valence-corrected chi connectivity index (χ3v) is 6.35. The van der Waals surface area contributed by atoms with Crippen molar-refractivity contribution in [1.82, 2.24) is 4.98 Å². The van der Waals surface area contributed by atoms with Gasteiger partial charge in [-0.15, -0.1) is 0 Å². The minimum Gasteiger partial charge on any atom is -0.478 e. The number of hydrogen-bond donors (Lipinski definition) is 2. The molecule has 164 valence electrons. The molecule has 1 aromatic heterocycles. The quantitative estimate of drug-likeness (QED) is 0.337. The maximum Gasteiger partial charge on any atom is 0.335 e. The Hall–Kier alpha value is -3.45. The van der Waals surface area contributed by atoms with Crippen LogP contribution in [0.2, 0.25) is 0 Å². The van der Waals surface area contributed by atoms with Gasteiger partial charge in [0.2, 0.25) is 0 Å². The molecule has 0 fully saturated rings. The van der Waals surface area contributed by atoms with Crippen molar-refractivity contribution in [2.45, 2.75) is 19.9 Å². The SMILES string of the molecule is CCNc1ccc(CCN(Cc2ccc(C(=O)O)cc2)c2nc3cccc(F)c3s2)cc1. The number of aromatic nitrogens is 1. The average Bonchev–Trinajstić information content (AvgIpc) is 3.24. The summed E-state index contributed by atoms with van der Waals surface area (Å²) in [5.41, 5.74) is 4.16. The van der Waals surface area contributed by atoms with Crippen LogP contribution in [0.5, 0.6) is 0 Å². The molecule has 5 nitrogen and oxygen atoms in total. The molecule has 0 aliphatic rings. The maximum atomic E-state index is 14.3. The molecule has 0 aliphatic carbocycles. The summed E-state index contributed by atoms with van der Waals surface area (Å²) in [6.45, 7) is 4.19. The largest absolute Gasteiger partial charge is 0.478 e. The molecule has 0 amide bonds. The van der Waals surface area contributed by atoms with Crippen LogP contribution < -0.4 is 10.2 Å². The lowest BCUT2D eigenvalue weighted by molar-refractivity contribution is 0.0697. The number of carboxylic acid groups (broad SMARTS) is 1. The van der Waals surface area contributed by atoms with Gasteiger partial charge in [0, 0.05) is 25.3 Å². The second-order valence-electron chi connectivity index (χ2n) is 7.49. The molecule has 0 spiro atoms. The van der Waals surface area contributed by atoms with E-state index in [1.807, 2.05) is 18.2 Å². The van der Waals surface area contributed by atoms with Crippen molar-refractivity contribution >= 4 is 38.3 Å². The van der Waals surface area contributed by atoms with E-state index in [4.69, 9.17) is 5.11 Å². The van der Waals surface area contributed by atoms with Gasteiger partial charge in [0.15, 0.2) is 5.13 Å². The van der Waals surface area contributed by atoms with E-state index in [9.17, 15) is 9.18 Å². The lowest BCUT2D eigenvalue weighted by Crippen LogP contribution is -2.25. The molecule has 0 saturated heterocycles. The number of halogens is 1. The molecule has 0 atom stereocenters. The average molecular weight is 450 g/mol. The van der Waals surface area contributed by atoms with Crippen LogP contribution in [-0.2, 0) is 13.0 Å². The molecule has 0 aliphatic heterocycles. The second-order valence-corrected chi connectivity index (χ2v) is 8.46. The first-order valence-corrected chi connectivity index (χ1v) is 11.3. The summed E-state index contributed by atoms with van der Waals surface area (Å²) in [5, 5.41) is 13.2. The summed E-state index contributed by atoms with van der Waals surface area (Å²) in [4.78, 5) is 17.9. The Balaban J connectivity index is 1.57. The van der Waals surface area contributed by atoms with Crippen LogP contribution in [-0.4, -0.2) is 29.1 Å². The maximum absolute atomic E-state index is 14.3. The van der Waals surface area contributed by atoms with E-state index in [1.54, 1.807) is 18.2 Å². The van der Waals surface area contributed by atoms with Crippen LogP contribution in [0.3, 0.4) is 0 Å². The van der Waals surface area contributed by atoms with E-state index in [0.29, 0.717) is 23.3 Å². The number of aromatic carboxylic acids is 1. The van der Waals surface area contributed by atoms with Gasteiger partial charge in [-0.1, -0.05) is 41.7 Å². The Morgan fingerprint density at radius 2 is 1.78 bits per heavy atom. The molecule has 0 bridgehead atoms. The van der Waals surface area contributed by atoms with Crippen molar-refractivity contribution in [3.63, 3.8) is 0 Å². The number of nitrogens with zero attached hydrogens (tertiary/aromatic N) is 2. The van der Waals surface area contributed by atoms with E-state index >= 15 is 0 Å². The Labute approximate surface area is 190 Å². The van der Waals surface area contributed by atoms with Crippen molar-refractivity contribution in [2.24, 2.45) is 0 Å². The van der Waals surface area contributed by atoms with Crippen molar-refractivity contribution in [2.75, 3.05) is 23.3 Å². The molecule has 0 radical (unpaired) electrons. The predicted molar refractivity (Wildman–Crippen MR) is 128 cm³/mol. The van der Waals surface area contributed by atoms with Crippen LogP contribution in [0.1, 0.15) is 28.4 Å². The van der Waals surface area contributed by atoms with E-state index < -0.39 is 5.97 Å². The topological polar surface area (TPSA) is 65.5 Å². The number of thiazole rings is 1. The third kappa shape index (κ3) is 5.06. The van der Waals surface area contributed by atoms with Gasteiger partial charge in [0.25, 0.3) is 0 Å². The van der Waals surface area contributed by atoms with Crippen LogP contribution in [0.15, 0.2) is 66.7 Å². The first-order chi connectivity index (χ1) is 15.5. The highest BCUT2D eigenvalue weighted by Crippen LogP contribution is 2.31. The van der Waals surface area contributed by atoms with Gasteiger partial charge < -0.3 is 15.3 Å². The Kier molecular flexibility index (Phi) is 6.66. The van der Waals surface area contributed by atoms with Gasteiger partial charge in [0.1, 0.15) is 5.82 Å². The lowest BCUT2D eigenvalue weighted by Gasteiger charge is -2.22. The zero-order chi connectivity index (χ0) is 22.5. The third-order valence-electron chi connectivity index (χ3n) is 5.21. The zero-order valence-corrected chi connectivity index (χ0v) is 18.5. The summed E-state index contributed by atoms with van der Waals surface area (Å²) >= 11 is 1.34. The summed E-state index contributed by atoms with van der Waals surface area (Å²) in [7, 11) is 0. The summed E-state index contributed by atoms with van der Waals surface area (Å²) in [5.74, 6) is -1.22. The Morgan fingerprint density at radius 1 is 1.06 bits per heavy atom. The fourth-order valence-electron chi connectivity index (χ4n) is 3.51. The molecule has 2 N–H and O–H groups in total. The molecular weight excluding hydrogens is 425 g/mol. The number of hydrogen-bond acceptors (Lipinski definition) is 5. The summed E-state index contributed by atoms with van der Waals surface area (Å²) in [6, 6.07) is 20.1. The molecule has 1 heterocycles. The molecule has 4 rings (SSSR count).